The van der Waals surface area contributed by atoms with Crippen LogP contribution in [0.5, 0.6) is 0 Å². The molecule has 1 heteroatoms. The van der Waals surface area contributed by atoms with Gasteiger partial charge in [0.25, 0.3) is 0 Å². The van der Waals surface area contributed by atoms with Gasteiger partial charge in [-0.05, 0) is 18.3 Å². The molecule has 1 atom stereocenters. The van der Waals surface area contributed by atoms with Crippen molar-refractivity contribution in [3.63, 3.8) is 0 Å². The molecule has 0 spiro atoms. The molecule has 0 radical (unpaired) electrons. The van der Waals surface area contributed by atoms with Gasteiger partial charge in [-0.15, -0.1) is 0 Å². The minimum atomic E-state index is 0.192. The number of hydrogen-bond donors (Lipinski definition) is 1. The van der Waals surface area contributed by atoms with E-state index in [0.717, 1.165) is 0 Å². The molecule has 0 bridgehead atoms. The monoisotopic (exact) mass is 188 g/mol. The van der Waals surface area contributed by atoms with Gasteiger partial charge in [0.05, 0.1) is 0 Å². The summed E-state index contributed by atoms with van der Waals surface area (Å²) in [5.41, 5.74) is 0.362. The standard InChI is InChI=1S/C11H24S/c1-6-8-10(3,4)11(5,12)9-7-2/h12H,6-9H2,1-5H3. The Hall–Kier alpha value is 0.350. The Kier molecular flexibility index (Phi) is 4.68. The van der Waals surface area contributed by atoms with E-state index in [1.165, 1.54) is 25.7 Å². The predicted molar refractivity (Wildman–Crippen MR) is 61.0 cm³/mol. The molecule has 0 aromatic rings. The Bertz CT molecular complexity index is 109. The van der Waals surface area contributed by atoms with Crippen molar-refractivity contribution in [2.75, 3.05) is 0 Å². The van der Waals surface area contributed by atoms with Gasteiger partial charge >= 0.3 is 0 Å². The maximum atomic E-state index is 4.78. The van der Waals surface area contributed by atoms with Gasteiger partial charge in [-0.3, -0.25) is 0 Å². The van der Waals surface area contributed by atoms with Gasteiger partial charge < -0.3 is 0 Å². The molecule has 12 heavy (non-hydrogen) atoms. The zero-order valence-corrected chi connectivity index (χ0v) is 10.2. The maximum absolute atomic E-state index is 4.78. The number of hydrogen-bond acceptors (Lipinski definition) is 1. The van der Waals surface area contributed by atoms with Crippen LogP contribution in [0.4, 0.5) is 0 Å². The first-order valence-corrected chi connectivity index (χ1v) is 5.54. The summed E-state index contributed by atoms with van der Waals surface area (Å²) in [7, 11) is 0. The van der Waals surface area contributed by atoms with E-state index >= 15 is 0 Å². The van der Waals surface area contributed by atoms with E-state index in [2.05, 4.69) is 34.6 Å². The van der Waals surface area contributed by atoms with E-state index in [4.69, 9.17) is 12.6 Å². The molecule has 0 aromatic carbocycles. The first kappa shape index (κ1) is 12.3. The minimum Gasteiger partial charge on any atom is -0.172 e. The second kappa shape index (κ2) is 4.55. The van der Waals surface area contributed by atoms with Crippen LogP contribution in [-0.2, 0) is 0 Å². The van der Waals surface area contributed by atoms with E-state index < -0.39 is 0 Å². The molecule has 0 aliphatic heterocycles. The highest BCUT2D eigenvalue weighted by molar-refractivity contribution is 7.81. The Morgan fingerprint density at radius 3 is 1.67 bits per heavy atom. The molecule has 0 saturated carbocycles. The summed E-state index contributed by atoms with van der Waals surface area (Å²) in [6.07, 6.45) is 4.97. The summed E-state index contributed by atoms with van der Waals surface area (Å²) < 4.78 is 0.192. The topological polar surface area (TPSA) is 0 Å². The highest BCUT2D eigenvalue weighted by Crippen LogP contribution is 2.42. The molecule has 1 unspecified atom stereocenters. The summed E-state index contributed by atoms with van der Waals surface area (Å²) in [5.74, 6) is 0. The third kappa shape index (κ3) is 3.01. The van der Waals surface area contributed by atoms with Crippen LogP contribution in [0, 0.1) is 5.41 Å². The van der Waals surface area contributed by atoms with E-state index in [-0.39, 0.29) is 4.75 Å². The van der Waals surface area contributed by atoms with E-state index in [1.807, 2.05) is 0 Å². The molecule has 0 N–H and O–H groups in total. The molecule has 0 saturated heterocycles. The fourth-order valence-electron chi connectivity index (χ4n) is 1.72. The highest BCUT2D eigenvalue weighted by Gasteiger charge is 2.35. The van der Waals surface area contributed by atoms with Crippen molar-refractivity contribution >= 4 is 12.6 Å². The van der Waals surface area contributed by atoms with Crippen molar-refractivity contribution in [1.29, 1.82) is 0 Å². The van der Waals surface area contributed by atoms with Gasteiger partial charge in [0.2, 0.25) is 0 Å². The first-order valence-electron chi connectivity index (χ1n) is 5.09. The molecule has 0 aliphatic carbocycles. The summed E-state index contributed by atoms with van der Waals surface area (Å²) >= 11 is 4.78. The van der Waals surface area contributed by atoms with Crippen LogP contribution in [0.1, 0.15) is 60.3 Å². The molecule has 74 valence electrons. The minimum absolute atomic E-state index is 0.192. The third-order valence-electron chi connectivity index (χ3n) is 3.07. The maximum Gasteiger partial charge on any atom is 0.0152 e. The Labute approximate surface area is 83.5 Å². The molecule has 0 aromatic heterocycles. The van der Waals surface area contributed by atoms with Crippen LogP contribution < -0.4 is 0 Å². The van der Waals surface area contributed by atoms with Crippen LogP contribution in [0.2, 0.25) is 0 Å². The van der Waals surface area contributed by atoms with Gasteiger partial charge in [-0.25, -0.2) is 0 Å². The SMILES string of the molecule is CCCC(C)(C)C(C)(S)CCC. The summed E-state index contributed by atoms with van der Waals surface area (Å²) in [5, 5.41) is 0. The summed E-state index contributed by atoms with van der Waals surface area (Å²) in [6, 6.07) is 0. The van der Waals surface area contributed by atoms with Crippen molar-refractivity contribution in [3.8, 4) is 0 Å². The summed E-state index contributed by atoms with van der Waals surface area (Å²) in [4.78, 5) is 0. The molecule has 0 rings (SSSR count). The normalized spacial score (nSPS) is 17.5. The van der Waals surface area contributed by atoms with Gasteiger partial charge in [0.1, 0.15) is 0 Å². The summed E-state index contributed by atoms with van der Waals surface area (Å²) in [6.45, 7) is 11.4. The molecular weight excluding hydrogens is 164 g/mol. The lowest BCUT2D eigenvalue weighted by molar-refractivity contribution is 0.232. The number of rotatable bonds is 5. The second-order valence-corrected chi connectivity index (χ2v) is 5.64. The Balaban J connectivity index is 4.28. The van der Waals surface area contributed by atoms with Gasteiger partial charge in [-0.2, -0.15) is 12.6 Å². The van der Waals surface area contributed by atoms with Crippen LogP contribution in [-0.4, -0.2) is 4.75 Å². The molecule has 0 aliphatic rings. The average molecular weight is 188 g/mol. The van der Waals surface area contributed by atoms with E-state index in [0.29, 0.717) is 5.41 Å². The van der Waals surface area contributed by atoms with Crippen molar-refractivity contribution in [3.05, 3.63) is 0 Å². The van der Waals surface area contributed by atoms with E-state index in [1.54, 1.807) is 0 Å². The lowest BCUT2D eigenvalue weighted by atomic mass is 9.74. The first-order chi connectivity index (χ1) is 5.37. The largest absolute Gasteiger partial charge is 0.172 e. The molecule has 0 amide bonds. The Morgan fingerprint density at radius 1 is 0.917 bits per heavy atom. The second-order valence-electron chi connectivity index (χ2n) is 4.66. The zero-order valence-electron chi connectivity index (χ0n) is 9.28. The van der Waals surface area contributed by atoms with Gasteiger partial charge in [0.15, 0.2) is 0 Å². The third-order valence-corrected chi connectivity index (χ3v) is 3.90. The smallest absolute Gasteiger partial charge is 0.0152 e. The van der Waals surface area contributed by atoms with Crippen LogP contribution in [0.25, 0.3) is 0 Å². The van der Waals surface area contributed by atoms with Gasteiger partial charge in [-0.1, -0.05) is 47.5 Å². The van der Waals surface area contributed by atoms with Crippen molar-refractivity contribution in [1.82, 2.24) is 0 Å². The van der Waals surface area contributed by atoms with Crippen molar-refractivity contribution in [2.24, 2.45) is 5.41 Å². The molecule has 0 nitrogen and oxygen atoms in total. The lowest BCUT2D eigenvalue weighted by Crippen LogP contribution is -2.36. The van der Waals surface area contributed by atoms with Crippen LogP contribution in [0.3, 0.4) is 0 Å². The molecule has 0 fully saturated rings. The van der Waals surface area contributed by atoms with Crippen LogP contribution in [0.15, 0.2) is 0 Å². The highest BCUT2D eigenvalue weighted by atomic mass is 32.1. The lowest BCUT2D eigenvalue weighted by Gasteiger charge is -2.41. The van der Waals surface area contributed by atoms with E-state index in [9.17, 15) is 0 Å². The Morgan fingerprint density at radius 2 is 1.33 bits per heavy atom. The number of thiol groups is 1. The van der Waals surface area contributed by atoms with Gasteiger partial charge in [0, 0.05) is 4.75 Å². The quantitative estimate of drug-likeness (QED) is 0.611. The average Bonchev–Trinajstić information content (AvgIpc) is 1.86. The fraction of sp³-hybridized carbons (Fsp3) is 1.00. The van der Waals surface area contributed by atoms with Crippen molar-refractivity contribution in [2.45, 2.75) is 65.0 Å². The predicted octanol–water partition coefficient (Wildman–Crippen LogP) is 4.30. The zero-order chi connectivity index (χ0) is 9.83. The van der Waals surface area contributed by atoms with Crippen molar-refractivity contribution < 1.29 is 0 Å². The van der Waals surface area contributed by atoms with Crippen LogP contribution >= 0.6 is 12.6 Å². The fourth-order valence-corrected chi connectivity index (χ4v) is 2.05. The molecular formula is C11H24S. The molecule has 0 heterocycles.